The average molecular weight is 320 g/mol. The summed E-state index contributed by atoms with van der Waals surface area (Å²) in [5.74, 6) is 0.294. The molecule has 0 aliphatic rings. The largest absolute Gasteiger partial charge is 0.508 e. The Kier molecular flexibility index (Phi) is 6.00. The van der Waals surface area contributed by atoms with Crippen molar-refractivity contribution in [3.05, 3.63) is 24.3 Å². The van der Waals surface area contributed by atoms with Gasteiger partial charge in [-0.3, -0.25) is 9.88 Å². The van der Waals surface area contributed by atoms with Crippen LogP contribution in [0.4, 0.5) is 0 Å². The fraction of sp³-hybridized carbons (Fsp3) is 0.385. The summed E-state index contributed by atoms with van der Waals surface area (Å²) in [6.45, 7) is 7.30. The van der Waals surface area contributed by atoms with Gasteiger partial charge in [-0.2, -0.15) is 0 Å². The zero-order chi connectivity index (χ0) is 14.6. The molecular weight excluding hydrogens is 301 g/mol. The molecule has 2 atom stereocenters. The van der Waals surface area contributed by atoms with Crippen LogP contribution in [0.5, 0.6) is 5.75 Å². The zero-order valence-electron chi connectivity index (χ0n) is 11.5. The van der Waals surface area contributed by atoms with Crippen molar-refractivity contribution in [1.29, 1.82) is 0 Å². The van der Waals surface area contributed by atoms with Crippen LogP contribution >= 0.6 is 28.2 Å². The second kappa shape index (κ2) is 6.85. The molecule has 3 nitrogen and oxygen atoms in total. The molecule has 0 saturated heterocycles. The number of ketones is 1. The van der Waals surface area contributed by atoms with Crippen LogP contribution in [0, 0.1) is 0 Å². The van der Waals surface area contributed by atoms with Crippen molar-refractivity contribution in [2.45, 2.75) is 38.6 Å². The molecule has 0 heterocycles. The normalized spacial score (nSPS) is 15.6. The van der Waals surface area contributed by atoms with Gasteiger partial charge < -0.3 is 5.11 Å². The van der Waals surface area contributed by atoms with Gasteiger partial charge in [-0.05, 0) is 57.3 Å². The number of rotatable bonds is 5. The minimum Gasteiger partial charge on any atom is -0.508 e. The number of hydrogen-bond acceptors (Lipinski definition) is 4. The standard InChI is InChI=1S/C13H19ClNO2PS/c1-9(2)18(14,15-10(3)11(4)16)19-13-7-5-12(17)6-8-13/h5-8,10,15,17H,1-4H3/t10-,18?/m0/s1. The first-order valence-electron chi connectivity index (χ1n) is 5.91. The Labute approximate surface area is 123 Å². The Hall–Kier alpha value is -0.410. The highest BCUT2D eigenvalue weighted by molar-refractivity contribution is 8.68. The lowest BCUT2D eigenvalue weighted by atomic mass is 10.3. The van der Waals surface area contributed by atoms with E-state index in [0.717, 1.165) is 10.2 Å². The number of halogens is 1. The van der Waals surface area contributed by atoms with E-state index in [2.05, 4.69) is 5.09 Å². The SMILES string of the molecule is CC(=O)[C@H](C)NP(Cl)(Sc1ccc(O)cc1)=C(C)C. The predicted molar refractivity (Wildman–Crippen MR) is 86.4 cm³/mol. The van der Waals surface area contributed by atoms with Crippen molar-refractivity contribution in [3.8, 4) is 5.75 Å². The van der Waals surface area contributed by atoms with Crippen LogP contribution in [0.25, 0.3) is 0 Å². The van der Waals surface area contributed by atoms with Gasteiger partial charge in [0.1, 0.15) is 11.5 Å². The molecule has 0 aliphatic heterocycles. The monoisotopic (exact) mass is 319 g/mol. The van der Waals surface area contributed by atoms with Gasteiger partial charge in [-0.25, -0.2) is 0 Å². The third-order valence-electron chi connectivity index (χ3n) is 2.61. The molecule has 1 aromatic rings. The maximum Gasteiger partial charge on any atom is 0.146 e. The molecule has 0 saturated carbocycles. The first kappa shape index (κ1) is 16.6. The molecule has 0 bridgehead atoms. The van der Waals surface area contributed by atoms with E-state index in [1.54, 1.807) is 19.1 Å². The van der Waals surface area contributed by atoms with E-state index in [4.69, 9.17) is 11.2 Å². The van der Waals surface area contributed by atoms with Crippen molar-refractivity contribution < 1.29 is 9.90 Å². The van der Waals surface area contributed by atoms with Gasteiger partial charge in [-0.1, -0.05) is 22.6 Å². The molecule has 6 heteroatoms. The molecule has 0 radical (unpaired) electrons. The van der Waals surface area contributed by atoms with Gasteiger partial charge in [0.05, 0.1) is 11.6 Å². The Balaban J connectivity index is 2.99. The summed E-state index contributed by atoms with van der Waals surface area (Å²) in [4.78, 5) is 12.3. The zero-order valence-corrected chi connectivity index (χ0v) is 13.9. The minimum absolute atomic E-state index is 0.0672. The van der Waals surface area contributed by atoms with Gasteiger partial charge in [-0.15, -0.1) is 0 Å². The van der Waals surface area contributed by atoms with E-state index < -0.39 is 5.59 Å². The lowest BCUT2D eigenvalue weighted by Crippen LogP contribution is -2.28. The molecule has 1 aromatic carbocycles. The van der Waals surface area contributed by atoms with Gasteiger partial charge in [0, 0.05) is 4.90 Å². The Morgan fingerprint density at radius 3 is 2.26 bits per heavy atom. The second-order valence-electron chi connectivity index (χ2n) is 4.53. The first-order valence-corrected chi connectivity index (χ1v) is 10.0. The van der Waals surface area contributed by atoms with E-state index >= 15 is 0 Å². The summed E-state index contributed by atoms with van der Waals surface area (Å²) in [5, 5.41) is 13.6. The molecule has 1 rings (SSSR count). The number of Topliss-reactive ketones (excluding diaryl/α,β-unsaturated/α-hetero) is 1. The average Bonchev–Trinajstić information content (AvgIpc) is 2.31. The van der Waals surface area contributed by atoms with E-state index in [1.165, 1.54) is 11.4 Å². The van der Waals surface area contributed by atoms with E-state index in [-0.39, 0.29) is 17.6 Å². The fourth-order valence-electron chi connectivity index (χ4n) is 1.24. The summed E-state index contributed by atoms with van der Waals surface area (Å²) in [5.41, 5.74) is -2.14. The van der Waals surface area contributed by atoms with Crippen LogP contribution in [0.3, 0.4) is 0 Å². The van der Waals surface area contributed by atoms with Gasteiger partial charge in [0.25, 0.3) is 0 Å². The number of carbonyl (C=O) groups is 1. The third kappa shape index (κ3) is 4.88. The smallest absolute Gasteiger partial charge is 0.146 e. The van der Waals surface area contributed by atoms with Crippen LogP contribution in [-0.4, -0.2) is 22.2 Å². The summed E-state index contributed by atoms with van der Waals surface area (Å²) >= 11 is 8.22. The molecule has 106 valence electrons. The van der Waals surface area contributed by atoms with E-state index in [1.807, 2.05) is 32.9 Å². The highest BCUT2D eigenvalue weighted by atomic mass is 35.7. The molecule has 0 amide bonds. The topological polar surface area (TPSA) is 49.3 Å². The molecule has 0 spiro atoms. The molecule has 0 aromatic heterocycles. The Morgan fingerprint density at radius 1 is 1.32 bits per heavy atom. The molecule has 0 aliphatic carbocycles. The highest BCUT2D eigenvalue weighted by Gasteiger charge is 2.22. The lowest BCUT2D eigenvalue weighted by Gasteiger charge is -2.25. The lowest BCUT2D eigenvalue weighted by molar-refractivity contribution is -0.118. The van der Waals surface area contributed by atoms with Crippen LogP contribution in [-0.2, 0) is 4.79 Å². The molecule has 19 heavy (non-hydrogen) atoms. The Morgan fingerprint density at radius 2 is 1.84 bits per heavy atom. The second-order valence-corrected chi connectivity index (χ2v) is 11.7. The number of aromatic hydroxyl groups is 1. The van der Waals surface area contributed by atoms with Crippen LogP contribution in [0.2, 0.25) is 0 Å². The molecule has 1 unspecified atom stereocenters. The number of nitrogens with one attached hydrogen (secondary N) is 1. The minimum atomic E-state index is -2.14. The highest BCUT2D eigenvalue weighted by Crippen LogP contribution is 2.65. The predicted octanol–water partition coefficient (Wildman–Crippen LogP) is 4.27. The van der Waals surface area contributed by atoms with Crippen LogP contribution < -0.4 is 5.09 Å². The number of hydrogen-bond donors (Lipinski definition) is 2. The van der Waals surface area contributed by atoms with Gasteiger partial charge in [0.15, 0.2) is 0 Å². The van der Waals surface area contributed by atoms with E-state index in [0.29, 0.717) is 0 Å². The van der Waals surface area contributed by atoms with Crippen molar-refractivity contribution >= 4 is 39.3 Å². The maximum absolute atomic E-state index is 11.4. The summed E-state index contributed by atoms with van der Waals surface area (Å²) < 4.78 is 0. The number of carbonyl (C=O) groups excluding carboxylic acids is 1. The summed E-state index contributed by atoms with van der Waals surface area (Å²) in [6, 6.07) is 6.62. The molecule has 2 N–H and O–H groups in total. The number of phenols is 1. The number of phenolic OH excluding ortho intramolecular Hbond substituents is 1. The van der Waals surface area contributed by atoms with Crippen LogP contribution in [0.15, 0.2) is 29.2 Å². The van der Waals surface area contributed by atoms with Crippen molar-refractivity contribution in [2.24, 2.45) is 0 Å². The summed E-state index contributed by atoms with van der Waals surface area (Å²) in [7, 11) is 0. The summed E-state index contributed by atoms with van der Waals surface area (Å²) in [6.07, 6.45) is 0. The molecular formula is C13H19ClNO2PS. The van der Waals surface area contributed by atoms with Gasteiger partial charge >= 0.3 is 0 Å². The van der Waals surface area contributed by atoms with Crippen molar-refractivity contribution in [1.82, 2.24) is 5.09 Å². The molecule has 0 fully saturated rings. The van der Waals surface area contributed by atoms with Crippen LogP contribution in [0.1, 0.15) is 27.7 Å². The van der Waals surface area contributed by atoms with E-state index in [9.17, 15) is 9.90 Å². The maximum atomic E-state index is 11.4. The van der Waals surface area contributed by atoms with Crippen molar-refractivity contribution in [2.75, 3.05) is 0 Å². The first-order chi connectivity index (χ1) is 8.74. The number of benzene rings is 1. The van der Waals surface area contributed by atoms with Crippen molar-refractivity contribution in [3.63, 3.8) is 0 Å². The Bertz CT molecular complexity index is 512. The third-order valence-corrected chi connectivity index (χ3v) is 9.94. The quantitative estimate of drug-likeness (QED) is 0.796. The van der Waals surface area contributed by atoms with Gasteiger partial charge in [0.2, 0.25) is 0 Å². The fourth-order valence-corrected chi connectivity index (χ4v) is 6.53.